The Morgan fingerprint density at radius 1 is 1.33 bits per heavy atom. The van der Waals surface area contributed by atoms with Gasteiger partial charge in [-0.3, -0.25) is 4.79 Å². The highest BCUT2D eigenvalue weighted by molar-refractivity contribution is 5.94. The van der Waals surface area contributed by atoms with E-state index in [1.54, 1.807) is 0 Å². The van der Waals surface area contributed by atoms with E-state index in [0.717, 1.165) is 12.8 Å². The summed E-state index contributed by atoms with van der Waals surface area (Å²) in [5.41, 5.74) is 7.88. The zero-order valence-corrected chi connectivity index (χ0v) is 11.2. The van der Waals surface area contributed by atoms with E-state index in [1.807, 2.05) is 24.3 Å². The lowest BCUT2D eigenvalue weighted by molar-refractivity contribution is 0.0930. The third kappa shape index (κ3) is 2.91. The molecule has 1 aromatic rings. The lowest BCUT2D eigenvalue weighted by Gasteiger charge is -2.38. The van der Waals surface area contributed by atoms with E-state index >= 15 is 0 Å². The van der Waals surface area contributed by atoms with E-state index in [1.165, 1.54) is 12.0 Å². The molecular formula is C15H22N2O. The van der Waals surface area contributed by atoms with Crippen molar-refractivity contribution in [3.05, 3.63) is 35.4 Å². The first-order valence-electron chi connectivity index (χ1n) is 6.67. The summed E-state index contributed by atoms with van der Waals surface area (Å²) < 4.78 is 0. The molecule has 1 saturated carbocycles. The zero-order valence-electron chi connectivity index (χ0n) is 11.2. The normalized spacial score (nSPS) is 17.3. The Bertz CT molecular complexity index is 419. The summed E-state index contributed by atoms with van der Waals surface area (Å²) in [4.78, 5) is 11.9. The molecule has 0 aliphatic heterocycles. The van der Waals surface area contributed by atoms with Crippen LogP contribution in [0.25, 0.3) is 0 Å². The molecule has 0 aromatic heterocycles. The summed E-state index contributed by atoms with van der Waals surface area (Å²) in [5, 5.41) is 2.93. The molecule has 0 unspecified atom stereocenters. The van der Waals surface area contributed by atoms with E-state index in [-0.39, 0.29) is 11.4 Å². The Balaban J connectivity index is 1.92. The van der Waals surface area contributed by atoms with Crippen molar-refractivity contribution in [1.82, 2.24) is 5.32 Å². The van der Waals surface area contributed by atoms with Crippen LogP contribution in [-0.2, 0) is 0 Å². The second kappa shape index (κ2) is 5.11. The first kappa shape index (κ1) is 13.1. The minimum absolute atomic E-state index is 0.0259. The number of hydrogen-bond acceptors (Lipinski definition) is 2. The molecule has 0 saturated heterocycles. The number of rotatable bonds is 4. The number of benzene rings is 1. The van der Waals surface area contributed by atoms with Gasteiger partial charge in [0.05, 0.1) is 0 Å². The summed E-state index contributed by atoms with van der Waals surface area (Å²) in [6, 6.07) is 7.80. The summed E-state index contributed by atoms with van der Waals surface area (Å²) in [7, 11) is 0. The molecule has 1 aliphatic rings. The van der Waals surface area contributed by atoms with E-state index in [0.29, 0.717) is 18.0 Å². The molecule has 0 atom stereocenters. The van der Waals surface area contributed by atoms with Crippen molar-refractivity contribution < 1.29 is 4.79 Å². The highest BCUT2D eigenvalue weighted by Crippen LogP contribution is 2.28. The van der Waals surface area contributed by atoms with Crippen LogP contribution >= 0.6 is 0 Å². The Labute approximate surface area is 109 Å². The smallest absolute Gasteiger partial charge is 0.251 e. The monoisotopic (exact) mass is 246 g/mol. The van der Waals surface area contributed by atoms with Crippen LogP contribution in [0.4, 0.5) is 0 Å². The summed E-state index contributed by atoms with van der Waals surface area (Å²) in [5.74, 6) is 0.464. The molecule has 0 spiro atoms. The van der Waals surface area contributed by atoms with E-state index in [9.17, 15) is 4.79 Å². The maximum atomic E-state index is 11.9. The summed E-state index contributed by atoms with van der Waals surface area (Å²) in [6.07, 6.45) is 3.20. The third-order valence-electron chi connectivity index (χ3n) is 3.79. The third-order valence-corrected chi connectivity index (χ3v) is 3.79. The van der Waals surface area contributed by atoms with Crippen molar-refractivity contribution in [3.8, 4) is 0 Å². The van der Waals surface area contributed by atoms with Gasteiger partial charge < -0.3 is 11.1 Å². The fourth-order valence-corrected chi connectivity index (χ4v) is 2.19. The van der Waals surface area contributed by atoms with Gasteiger partial charge in [-0.25, -0.2) is 0 Å². The van der Waals surface area contributed by atoms with Crippen molar-refractivity contribution in [3.63, 3.8) is 0 Å². The van der Waals surface area contributed by atoms with Crippen LogP contribution in [0.1, 0.15) is 54.9 Å². The largest absolute Gasteiger partial charge is 0.350 e. The van der Waals surface area contributed by atoms with Gasteiger partial charge in [-0.05, 0) is 42.9 Å². The number of nitrogens with one attached hydrogen (secondary N) is 1. The maximum Gasteiger partial charge on any atom is 0.251 e. The summed E-state index contributed by atoms with van der Waals surface area (Å²) >= 11 is 0. The molecule has 2 rings (SSSR count). The lowest BCUT2D eigenvalue weighted by atomic mass is 9.78. The molecule has 1 fully saturated rings. The van der Waals surface area contributed by atoms with Crippen LogP contribution in [-0.4, -0.2) is 18.0 Å². The van der Waals surface area contributed by atoms with Crippen LogP contribution in [0.2, 0.25) is 0 Å². The van der Waals surface area contributed by atoms with Crippen molar-refractivity contribution in [2.45, 2.75) is 44.6 Å². The molecule has 0 heterocycles. The number of carbonyl (C=O) groups is 1. The average molecular weight is 246 g/mol. The maximum absolute atomic E-state index is 11.9. The first-order chi connectivity index (χ1) is 8.50. The van der Waals surface area contributed by atoms with Crippen molar-refractivity contribution in [2.24, 2.45) is 5.73 Å². The molecule has 0 radical (unpaired) electrons. The Morgan fingerprint density at radius 3 is 2.39 bits per heavy atom. The van der Waals surface area contributed by atoms with E-state index in [4.69, 9.17) is 5.73 Å². The first-order valence-corrected chi connectivity index (χ1v) is 6.67. The topological polar surface area (TPSA) is 55.1 Å². The van der Waals surface area contributed by atoms with Crippen LogP contribution in [0.5, 0.6) is 0 Å². The highest BCUT2D eigenvalue weighted by atomic mass is 16.1. The standard InChI is InChI=1S/C15H22N2O/c1-11(2)12-4-6-13(7-5-12)14(18)17-10-15(16)8-3-9-15/h4-7,11H,3,8-10,16H2,1-2H3,(H,17,18). The van der Waals surface area contributed by atoms with Gasteiger partial charge in [-0.1, -0.05) is 26.0 Å². The van der Waals surface area contributed by atoms with Crippen molar-refractivity contribution in [1.29, 1.82) is 0 Å². The van der Waals surface area contributed by atoms with Gasteiger partial charge in [0.2, 0.25) is 0 Å². The Kier molecular flexibility index (Phi) is 3.71. The average Bonchev–Trinajstić information content (AvgIpc) is 2.33. The second-order valence-electron chi connectivity index (χ2n) is 5.68. The quantitative estimate of drug-likeness (QED) is 0.857. The molecule has 0 bridgehead atoms. The summed E-state index contributed by atoms with van der Waals surface area (Å²) in [6.45, 7) is 4.87. The van der Waals surface area contributed by atoms with Crippen LogP contribution in [0, 0.1) is 0 Å². The molecule has 18 heavy (non-hydrogen) atoms. The molecule has 3 nitrogen and oxygen atoms in total. The van der Waals surface area contributed by atoms with Crippen LogP contribution < -0.4 is 11.1 Å². The minimum Gasteiger partial charge on any atom is -0.350 e. The van der Waals surface area contributed by atoms with Crippen LogP contribution in [0.15, 0.2) is 24.3 Å². The Morgan fingerprint density at radius 2 is 1.94 bits per heavy atom. The van der Waals surface area contributed by atoms with Crippen molar-refractivity contribution >= 4 is 5.91 Å². The van der Waals surface area contributed by atoms with Gasteiger partial charge in [-0.2, -0.15) is 0 Å². The number of carbonyl (C=O) groups excluding carboxylic acids is 1. The SMILES string of the molecule is CC(C)c1ccc(C(=O)NCC2(N)CCC2)cc1. The molecular weight excluding hydrogens is 224 g/mol. The number of amides is 1. The molecule has 1 aromatic carbocycles. The second-order valence-corrected chi connectivity index (χ2v) is 5.68. The van der Waals surface area contributed by atoms with E-state index in [2.05, 4.69) is 19.2 Å². The van der Waals surface area contributed by atoms with Gasteiger partial charge in [-0.15, -0.1) is 0 Å². The van der Waals surface area contributed by atoms with Crippen LogP contribution in [0.3, 0.4) is 0 Å². The predicted molar refractivity (Wildman–Crippen MR) is 73.6 cm³/mol. The minimum atomic E-state index is -0.159. The number of nitrogens with two attached hydrogens (primary N) is 1. The molecule has 3 N–H and O–H groups in total. The molecule has 3 heteroatoms. The zero-order chi connectivity index (χ0) is 13.2. The van der Waals surface area contributed by atoms with Gasteiger partial charge in [0.25, 0.3) is 5.91 Å². The lowest BCUT2D eigenvalue weighted by Crippen LogP contribution is -2.54. The van der Waals surface area contributed by atoms with Crippen molar-refractivity contribution in [2.75, 3.05) is 6.54 Å². The Hall–Kier alpha value is -1.35. The highest BCUT2D eigenvalue weighted by Gasteiger charge is 2.32. The van der Waals surface area contributed by atoms with Gasteiger partial charge >= 0.3 is 0 Å². The predicted octanol–water partition coefficient (Wildman–Crippen LogP) is 2.42. The fraction of sp³-hybridized carbons (Fsp3) is 0.533. The molecule has 98 valence electrons. The van der Waals surface area contributed by atoms with E-state index < -0.39 is 0 Å². The van der Waals surface area contributed by atoms with Gasteiger partial charge in [0, 0.05) is 17.6 Å². The van der Waals surface area contributed by atoms with Gasteiger partial charge in [0.1, 0.15) is 0 Å². The molecule has 1 amide bonds. The fourth-order valence-electron chi connectivity index (χ4n) is 2.19. The van der Waals surface area contributed by atoms with Gasteiger partial charge in [0.15, 0.2) is 0 Å². The number of hydrogen-bond donors (Lipinski definition) is 2. The molecule has 1 aliphatic carbocycles.